The summed E-state index contributed by atoms with van der Waals surface area (Å²) in [6.07, 6.45) is 2.40. The zero-order chi connectivity index (χ0) is 21.2. The van der Waals surface area contributed by atoms with Crippen LogP contribution in [0.1, 0.15) is 39.5 Å². The second-order valence-electron chi connectivity index (χ2n) is 6.59. The Morgan fingerprint density at radius 1 is 0.857 bits per heavy atom. The molecule has 0 heterocycles. The molecule has 0 unspecified atom stereocenters. The van der Waals surface area contributed by atoms with Gasteiger partial charge in [-0.3, -0.25) is 9.59 Å². The number of quaternary nitrogens is 3. The van der Waals surface area contributed by atoms with E-state index in [0.29, 0.717) is 19.6 Å². The van der Waals surface area contributed by atoms with E-state index in [9.17, 15) is 14.4 Å². The number of hydrogen-bond acceptors (Lipinski definition) is 6. The molecular weight excluding hydrogens is 368 g/mol. The molecule has 0 aromatic rings. The third-order valence-corrected chi connectivity index (χ3v) is 3.89. The number of ether oxygens (including phenoxy) is 3. The lowest BCUT2D eigenvalue weighted by atomic mass is 10.2. The summed E-state index contributed by atoms with van der Waals surface area (Å²) in [6.45, 7) is 7.09. The third kappa shape index (κ3) is 15.2. The van der Waals surface area contributed by atoms with Crippen LogP contribution in [0.3, 0.4) is 0 Å². The van der Waals surface area contributed by atoms with E-state index in [-0.39, 0.29) is 13.2 Å². The quantitative estimate of drug-likeness (QED) is 0.146. The van der Waals surface area contributed by atoms with E-state index < -0.39 is 24.1 Å². The first kappa shape index (κ1) is 26.1. The van der Waals surface area contributed by atoms with Crippen LogP contribution in [-0.2, 0) is 23.8 Å². The lowest BCUT2D eigenvalue weighted by Crippen LogP contribution is -2.84. The number of carbonyl (C=O) groups excluding carboxylic acids is 3. The Hall–Kier alpha value is -1.91. The van der Waals surface area contributed by atoms with Crippen molar-refractivity contribution < 1.29 is 45.4 Å². The van der Waals surface area contributed by atoms with Crippen LogP contribution in [0.15, 0.2) is 0 Å². The predicted octanol–water partition coefficient (Wildman–Crippen LogP) is -2.47. The Kier molecular flexibility index (Phi) is 16.0. The largest absolute Gasteiger partial charge is 0.462 e. The highest BCUT2D eigenvalue weighted by atomic mass is 16.6. The number of nitrogens with zero attached hydrogens (tertiary/aromatic N) is 1. The van der Waals surface area contributed by atoms with Crippen molar-refractivity contribution in [3.05, 3.63) is 0 Å². The number of hydrogen-bond donors (Lipinski definition) is 3. The van der Waals surface area contributed by atoms with Crippen molar-refractivity contribution in [1.82, 2.24) is 4.90 Å². The molecule has 10 nitrogen and oxygen atoms in total. The van der Waals surface area contributed by atoms with E-state index in [1.807, 2.05) is 0 Å². The van der Waals surface area contributed by atoms with Crippen LogP contribution in [-0.4, -0.2) is 81.5 Å². The number of rotatable bonds is 16. The minimum Gasteiger partial charge on any atom is -0.462 e. The molecule has 0 aliphatic heterocycles. The van der Waals surface area contributed by atoms with E-state index in [1.54, 1.807) is 4.90 Å². The fraction of sp³-hybridized carbons (Fsp3) is 0.833. The Bertz CT molecular complexity index is 432. The van der Waals surface area contributed by atoms with Crippen molar-refractivity contribution >= 4 is 18.0 Å². The number of unbranched alkanes of at least 4 members (excludes halogenated alkanes) is 1. The Morgan fingerprint density at radius 2 is 1.39 bits per heavy atom. The number of esters is 2. The van der Waals surface area contributed by atoms with Crippen molar-refractivity contribution in [3.8, 4) is 0 Å². The molecule has 164 valence electrons. The van der Waals surface area contributed by atoms with Crippen molar-refractivity contribution in [2.24, 2.45) is 0 Å². The van der Waals surface area contributed by atoms with E-state index in [4.69, 9.17) is 14.2 Å². The van der Waals surface area contributed by atoms with Crippen LogP contribution < -0.4 is 16.8 Å². The molecule has 0 atom stereocenters. The first-order valence-corrected chi connectivity index (χ1v) is 10.0. The van der Waals surface area contributed by atoms with Crippen LogP contribution in [0.25, 0.3) is 0 Å². The van der Waals surface area contributed by atoms with Crippen molar-refractivity contribution in [1.29, 1.82) is 0 Å². The van der Waals surface area contributed by atoms with Gasteiger partial charge in [-0.05, 0) is 12.8 Å². The summed E-state index contributed by atoms with van der Waals surface area (Å²) in [7, 11) is 0. The van der Waals surface area contributed by atoms with E-state index in [1.165, 1.54) is 13.8 Å². The van der Waals surface area contributed by atoms with E-state index in [0.717, 1.165) is 45.3 Å². The van der Waals surface area contributed by atoms with Gasteiger partial charge < -0.3 is 35.9 Å². The molecule has 0 spiro atoms. The summed E-state index contributed by atoms with van der Waals surface area (Å²) in [5.74, 6) is -0.985. The van der Waals surface area contributed by atoms with Gasteiger partial charge in [-0.15, -0.1) is 0 Å². The summed E-state index contributed by atoms with van der Waals surface area (Å²) >= 11 is 0. The molecular formula is C18H39N4O6+3. The van der Waals surface area contributed by atoms with Gasteiger partial charge >= 0.3 is 18.0 Å². The lowest BCUT2D eigenvalue weighted by molar-refractivity contribution is -0.657. The SMILES string of the molecule is CC(=O)OCC(COC(C)=O)OC(=O)N(CCC[NH3+])CCCC[NH2+]CCC[NH3+]. The van der Waals surface area contributed by atoms with E-state index >= 15 is 0 Å². The number of amides is 1. The van der Waals surface area contributed by atoms with E-state index in [2.05, 4.69) is 16.8 Å². The van der Waals surface area contributed by atoms with Gasteiger partial charge in [0.1, 0.15) is 13.2 Å². The molecule has 0 aromatic carbocycles. The molecule has 0 fully saturated rings. The fourth-order valence-electron chi connectivity index (χ4n) is 2.38. The third-order valence-electron chi connectivity index (χ3n) is 3.89. The Balaban J connectivity index is 4.52. The molecule has 0 aliphatic rings. The summed E-state index contributed by atoms with van der Waals surface area (Å²) in [5.41, 5.74) is 7.63. The fourth-order valence-corrected chi connectivity index (χ4v) is 2.38. The average Bonchev–Trinajstić information content (AvgIpc) is 2.65. The van der Waals surface area contributed by atoms with Crippen LogP contribution in [0, 0.1) is 0 Å². The maximum atomic E-state index is 12.5. The average molecular weight is 408 g/mol. The maximum absolute atomic E-state index is 12.5. The topological polar surface area (TPSA) is 154 Å². The predicted molar refractivity (Wildman–Crippen MR) is 101 cm³/mol. The highest BCUT2D eigenvalue weighted by Crippen LogP contribution is 2.05. The maximum Gasteiger partial charge on any atom is 0.410 e. The zero-order valence-corrected chi connectivity index (χ0v) is 17.5. The summed E-state index contributed by atoms with van der Waals surface area (Å²) in [6, 6.07) is 0. The summed E-state index contributed by atoms with van der Waals surface area (Å²) in [5, 5.41) is 2.26. The first-order chi connectivity index (χ1) is 13.4. The minimum absolute atomic E-state index is 0.154. The van der Waals surface area contributed by atoms with Crippen LogP contribution in [0.5, 0.6) is 0 Å². The highest BCUT2D eigenvalue weighted by Gasteiger charge is 2.22. The van der Waals surface area contributed by atoms with Crippen LogP contribution >= 0.6 is 0 Å². The number of nitrogens with two attached hydrogens (primary N) is 1. The molecule has 0 rings (SSSR count). The summed E-state index contributed by atoms with van der Waals surface area (Å²) < 4.78 is 15.2. The summed E-state index contributed by atoms with van der Waals surface area (Å²) in [4.78, 5) is 36.2. The second-order valence-corrected chi connectivity index (χ2v) is 6.59. The van der Waals surface area contributed by atoms with Crippen molar-refractivity contribution in [3.63, 3.8) is 0 Å². The van der Waals surface area contributed by atoms with Gasteiger partial charge in [0.25, 0.3) is 0 Å². The van der Waals surface area contributed by atoms with Gasteiger partial charge in [0, 0.05) is 39.8 Å². The van der Waals surface area contributed by atoms with Gasteiger partial charge in [-0.25, -0.2) is 4.79 Å². The number of carbonyl (C=O) groups is 3. The Labute approximate surface area is 167 Å². The van der Waals surface area contributed by atoms with Crippen molar-refractivity contribution in [2.45, 2.75) is 45.6 Å². The van der Waals surface area contributed by atoms with Gasteiger partial charge in [0.2, 0.25) is 0 Å². The van der Waals surface area contributed by atoms with Crippen molar-refractivity contribution in [2.75, 3.05) is 52.5 Å². The zero-order valence-electron chi connectivity index (χ0n) is 17.5. The molecule has 0 saturated carbocycles. The Morgan fingerprint density at radius 3 is 1.93 bits per heavy atom. The monoisotopic (exact) mass is 407 g/mol. The highest BCUT2D eigenvalue weighted by molar-refractivity contribution is 5.68. The smallest absolute Gasteiger partial charge is 0.410 e. The van der Waals surface area contributed by atoms with Gasteiger partial charge in [-0.2, -0.15) is 0 Å². The molecule has 10 heteroatoms. The normalized spacial score (nSPS) is 10.6. The molecule has 0 aromatic heterocycles. The molecule has 0 aliphatic carbocycles. The lowest BCUT2D eigenvalue weighted by Gasteiger charge is -2.25. The molecule has 1 amide bonds. The molecule has 8 N–H and O–H groups in total. The molecule has 28 heavy (non-hydrogen) atoms. The standard InChI is InChI=1S/C18H36N4O6/c1-15(23)26-13-17(14-27-16(2)24)28-18(25)22(12-6-8-20)11-4-3-9-21-10-5-7-19/h17,21H,3-14,19-20H2,1-2H3/p+3. The van der Waals surface area contributed by atoms with Crippen LogP contribution in [0.2, 0.25) is 0 Å². The molecule has 0 saturated heterocycles. The van der Waals surface area contributed by atoms with Gasteiger partial charge in [0.05, 0.1) is 26.2 Å². The molecule has 0 bridgehead atoms. The van der Waals surface area contributed by atoms with Gasteiger partial charge in [0.15, 0.2) is 6.10 Å². The molecule has 0 radical (unpaired) electrons. The second kappa shape index (κ2) is 17.2. The van der Waals surface area contributed by atoms with Gasteiger partial charge in [-0.1, -0.05) is 0 Å². The van der Waals surface area contributed by atoms with Crippen LogP contribution in [0.4, 0.5) is 4.79 Å². The first-order valence-electron chi connectivity index (χ1n) is 10.0. The minimum atomic E-state index is -0.835.